The number of β-lactam (4-membered cyclic amide) rings is 1. The van der Waals surface area contributed by atoms with Crippen molar-refractivity contribution in [3.63, 3.8) is 0 Å². The van der Waals surface area contributed by atoms with Crippen molar-refractivity contribution < 1.29 is 62.1 Å². The van der Waals surface area contributed by atoms with Gasteiger partial charge in [-0.3, -0.25) is 24.1 Å². The molecule has 0 spiro atoms. The number of oxime groups is 1. The number of amides is 2. The quantitative estimate of drug-likeness (QED) is 0.00879. The minimum absolute atomic E-state index is 0.0235. The van der Waals surface area contributed by atoms with Crippen LogP contribution in [-0.4, -0.2) is 99.8 Å². The Kier molecular flexibility index (Phi) is 19.8. The van der Waals surface area contributed by atoms with E-state index in [-0.39, 0.29) is 56.7 Å². The number of nitrogens with two attached hydrogens (primary N) is 1. The number of hydrogen-bond donors (Lipinski definition) is 2. The average molecular weight is 1340 g/mol. The van der Waals surface area contributed by atoms with E-state index in [1.54, 1.807) is 73.7 Å². The van der Waals surface area contributed by atoms with Gasteiger partial charge in [-0.05, 0) is 64.1 Å². The number of hydrogen-bond acceptors (Lipinski definition) is 22. The first-order valence-electron chi connectivity index (χ1n) is 29.9. The second-order valence-corrected chi connectivity index (χ2v) is 24.7. The summed E-state index contributed by atoms with van der Waals surface area (Å²) in [4.78, 5) is 120. The van der Waals surface area contributed by atoms with E-state index in [0.29, 0.717) is 38.5 Å². The van der Waals surface area contributed by atoms with Gasteiger partial charge in [-0.15, -0.1) is 40.0 Å². The van der Waals surface area contributed by atoms with Crippen LogP contribution < -0.4 is 20.5 Å². The third-order valence-corrected chi connectivity index (χ3v) is 18.1. The second-order valence-electron chi connectivity index (χ2n) is 21.7. The van der Waals surface area contributed by atoms with Crippen LogP contribution >= 0.6 is 34.9 Å². The van der Waals surface area contributed by atoms with Crippen LogP contribution in [0.2, 0.25) is 0 Å². The normalized spacial score (nSPS) is 14.8. The number of benzene rings is 7. The van der Waals surface area contributed by atoms with Gasteiger partial charge in [0.15, 0.2) is 40.7 Å². The van der Waals surface area contributed by atoms with E-state index in [1.165, 1.54) is 56.5 Å². The summed E-state index contributed by atoms with van der Waals surface area (Å²) >= 11 is 3.50. The first-order valence-corrected chi connectivity index (χ1v) is 32.8. The van der Waals surface area contributed by atoms with E-state index in [2.05, 4.69) is 30.5 Å². The van der Waals surface area contributed by atoms with Gasteiger partial charge >= 0.3 is 29.8 Å². The summed E-state index contributed by atoms with van der Waals surface area (Å²) < 4.78 is 31.0. The first-order chi connectivity index (χ1) is 46.6. The molecule has 0 radical (unpaired) electrons. The molecule has 7 aromatic carbocycles. The third-order valence-electron chi connectivity index (χ3n) is 15.0. The summed E-state index contributed by atoms with van der Waals surface area (Å²) in [6, 6.07) is 59.0. The lowest BCUT2D eigenvalue weighted by atomic mass is 10.0. The molecule has 0 aliphatic carbocycles. The van der Waals surface area contributed by atoms with Crippen LogP contribution in [0.15, 0.2) is 233 Å². The summed E-state index contributed by atoms with van der Waals surface area (Å²) in [6.07, 6.45) is -4.54. The Hall–Kier alpha value is -11.3. The second kappa shape index (κ2) is 29.3. The van der Waals surface area contributed by atoms with E-state index in [0.717, 1.165) is 36.3 Å². The number of carbonyl (C=O) groups is 7. The fraction of sp³-hybridized carbons (Fsp3) is 0.155. The molecule has 2 aliphatic heterocycles. The minimum atomic E-state index is -1.84. The van der Waals surface area contributed by atoms with Gasteiger partial charge in [0.1, 0.15) is 27.8 Å². The molecular formula is C71H57N9O13S3. The van der Waals surface area contributed by atoms with Gasteiger partial charge in [0.05, 0.1) is 0 Å². The Morgan fingerprint density at radius 1 is 0.625 bits per heavy atom. The Bertz CT molecular complexity index is 4490. The number of aryl methyl sites for hydroxylation is 1. The summed E-state index contributed by atoms with van der Waals surface area (Å²) in [5, 5.41) is 12.7. The fourth-order valence-corrected chi connectivity index (χ4v) is 13.7. The molecule has 482 valence electrons. The van der Waals surface area contributed by atoms with Crippen LogP contribution in [-0.2, 0) is 47.8 Å². The van der Waals surface area contributed by atoms with Crippen molar-refractivity contribution in [2.24, 2.45) is 5.16 Å². The molecule has 0 saturated carbocycles. The molecular weight excluding hydrogens is 1280 g/mol. The summed E-state index contributed by atoms with van der Waals surface area (Å²) in [5.74, 6) is -6.14. The highest BCUT2D eigenvalue weighted by Gasteiger charge is 2.55. The van der Waals surface area contributed by atoms with Gasteiger partial charge in [0.25, 0.3) is 23.4 Å². The van der Waals surface area contributed by atoms with Crippen LogP contribution in [0.1, 0.15) is 99.2 Å². The van der Waals surface area contributed by atoms with Crippen molar-refractivity contribution in [2.75, 3.05) is 17.2 Å². The molecule has 5 heterocycles. The number of carbonyl (C=O) groups excluding carboxylic acids is 7. The van der Waals surface area contributed by atoms with E-state index in [1.807, 2.05) is 121 Å². The summed E-state index contributed by atoms with van der Waals surface area (Å²) in [5.41, 5.74) is 10.5. The van der Waals surface area contributed by atoms with Gasteiger partial charge in [-0.1, -0.05) is 193 Å². The van der Waals surface area contributed by atoms with Crippen molar-refractivity contribution in [1.29, 1.82) is 0 Å². The number of nitrogen functional groups attached to an aromatic ring is 1. The molecule has 22 nitrogen and oxygen atoms in total. The Labute approximate surface area is 561 Å². The van der Waals surface area contributed by atoms with E-state index in [9.17, 15) is 24.0 Å². The highest BCUT2D eigenvalue weighted by molar-refractivity contribution is 8.01. The van der Waals surface area contributed by atoms with Crippen LogP contribution in [0.25, 0.3) is 5.78 Å². The van der Waals surface area contributed by atoms with Crippen molar-refractivity contribution in [3.8, 4) is 11.5 Å². The van der Waals surface area contributed by atoms with Crippen LogP contribution in [0, 0.1) is 6.92 Å². The zero-order valence-corrected chi connectivity index (χ0v) is 53.8. The zero-order valence-electron chi connectivity index (χ0n) is 51.3. The molecule has 96 heavy (non-hydrogen) atoms. The van der Waals surface area contributed by atoms with Crippen LogP contribution in [0.3, 0.4) is 0 Å². The largest absolute Gasteiger partial charge is 0.449 e. The smallest absolute Gasteiger partial charge is 0.379 e. The topological polar surface area (TPSA) is 284 Å². The van der Waals surface area contributed by atoms with Crippen molar-refractivity contribution in [2.45, 2.75) is 61.6 Å². The number of nitrogens with one attached hydrogen (secondary N) is 1. The summed E-state index contributed by atoms with van der Waals surface area (Å²) in [6.45, 7) is 4.05. The number of esters is 5. The molecule has 1 fully saturated rings. The van der Waals surface area contributed by atoms with Gasteiger partial charge in [-0.25, -0.2) is 24.4 Å². The van der Waals surface area contributed by atoms with Gasteiger partial charge in [-0.2, -0.15) is 9.50 Å². The molecule has 1 unspecified atom stereocenters. The molecule has 25 heteroatoms. The van der Waals surface area contributed by atoms with Crippen LogP contribution in [0.4, 0.5) is 5.13 Å². The fourth-order valence-electron chi connectivity index (χ4n) is 10.7. The maximum atomic E-state index is 15.3. The minimum Gasteiger partial charge on any atom is -0.449 e. The average Bonchev–Trinajstić information content (AvgIpc) is 0.876. The predicted octanol–water partition coefficient (Wildman–Crippen LogP) is 10.8. The molecule has 10 aromatic rings. The molecule has 3 atom stereocenters. The lowest BCUT2D eigenvalue weighted by molar-refractivity contribution is -0.162. The summed E-state index contributed by atoms with van der Waals surface area (Å²) in [7, 11) is 0. The molecule has 2 aliphatic rings. The van der Waals surface area contributed by atoms with E-state index < -0.39 is 83.2 Å². The Morgan fingerprint density at radius 3 is 1.62 bits per heavy atom. The molecule has 2 amide bonds. The number of thioether (sulfide) groups is 2. The highest BCUT2D eigenvalue weighted by atomic mass is 32.2. The lowest BCUT2D eigenvalue weighted by Gasteiger charge is -2.49. The maximum absolute atomic E-state index is 15.3. The van der Waals surface area contributed by atoms with Gasteiger partial charge < -0.3 is 39.6 Å². The Morgan fingerprint density at radius 2 is 1.12 bits per heavy atom. The van der Waals surface area contributed by atoms with Gasteiger partial charge in [0.2, 0.25) is 6.10 Å². The maximum Gasteiger partial charge on any atom is 0.379 e. The highest BCUT2D eigenvalue weighted by Crippen LogP contribution is 2.44. The molecule has 3 aromatic heterocycles. The molecule has 3 N–H and O–H groups in total. The SMILES string of the molecule is CC(=O)Oc1ccc(C(O/N=C(/C(=O)N[C@@H]2C(=O)N3C(C(=O)OC(c4ccccc4)c4ccccc4)=C(CSc4cc(C)nc5nc(C(=O)OC(c6ccccc6)c6ccccc6)nn45)CS[C@H]23)c2csc(N)n2)C(=O)OC(c2ccccc2)c2ccccc2)cc1OC(C)=O. The van der Waals surface area contributed by atoms with Crippen LogP contribution in [0.5, 0.6) is 11.5 Å². The first kappa shape index (κ1) is 64.8. The van der Waals surface area contributed by atoms with Crippen molar-refractivity contribution >= 4 is 93.1 Å². The van der Waals surface area contributed by atoms with E-state index in [4.69, 9.17) is 34.3 Å². The van der Waals surface area contributed by atoms with Crippen molar-refractivity contribution in [1.82, 2.24) is 34.8 Å². The molecule has 0 bridgehead atoms. The number of aromatic nitrogens is 5. The number of anilines is 1. The van der Waals surface area contributed by atoms with Gasteiger partial charge in [0, 0.05) is 42.0 Å². The standard InChI is InChI=1S/C71H57N9O13S3/c1-41-36-55(80-71(73-41)76-63(77-80)69(87)92-61(48-30-18-8-19-31-48)49-32-20-9-21-33-49)94-38-51-39-95-66-57(65(84)79(66)58(51)67(85)90-59(44-22-10-4-11-23-44)45-24-12-5-13-25-45)75-64(83)56(52-40-96-70(72)74-52)78-93-62(50-34-35-53(88-42(2)81)54(37-50)89-43(3)82)68(86)91-60(46-26-14-6-15-27-46)47-28-16-7-17-29-47/h4-37,40,57,59-62,66H,38-39H2,1-3H3,(H2,72,74)(H,75,83)/b78-56+/t57-,62?,66-/m1/s1. The zero-order chi connectivity index (χ0) is 66.8. The lowest BCUT2D eigenvalue weighted by Crippen LogP contribution is -2.71. The number of fused-ring (bicyclic) bond motifs is 2. The van der Waals surface area contributed by atoms with E-state index >= 15 is 9.59 Å². The third kappa shape index (κ3) is 14.7. The Balaban J connectivity index is 0.858. The number of rotatable bonds is 23. The monoisotopic (exact) mass is 1340 g/mol. The molecule has 1 saturated heterocycles. The predicted molar refractivity (Wildman–Crippen MR) is 356 cm³/mol. The number of nitrogens with zero attached hydrogens (tertiary/aromatic N) is 7. The molecule has 12 rings (SSSR count). The number of thiazole rings is 1. The number of ether oxygens (including phenoxy) is 5. The van der Waals surface area contributed by atoms with Crippen molar-refractivity contribution in [3.05, 3.63) is 279 Å².